The van der Waals surface area contributed by atoms with Crippen molar-refractivity contribution in [2.75, 3.05) is 0 Å². The van der Waals surface area contributed by atoms with Gasteiger partial charge in [0.1, 0.15) is 17.0 Å². The molecule has 1 aromatic carbocycles. The molecule has 0 saturated carbocycles. The molecule has 0 saturated heterocycles. The Balaban J connectivity index is 3.09. The minimum Gasteiger partial charge on any atom is -0.460 e. The number of rotatable bonds is 3. The van der Waals surface area contributed by atoms with Crippen molar-refractivity contribution in [3.63, 3.8) is 0 Å². The fourth-order valence-electron chi connectivity index (χ4n) is 1.74. The van der Waals surface area contributed by atoms with Crippen LogP contribution in [-0.4, -0.2) is 16.7 Å². The molecule has 2 atom stereocenters. The minimum atomic E-state index is -1.66. The van der Waals surface area contributed by atoms with Gasteiger partial charge in [-0.1, -0.05) is 15.9 Å². The molecular formula is C15H20BrFO3. The van der Waals surface area contributed by atoms with Crippen molar-refractivity contribution in [2.24, 2.45) is 5.92 Å². The second kappa shape index (κ2) is 5.82. The Morgan fingerprint density at radius 3 is 2.40 bits per heavy atom. The highest BCUT2D eigenvalue weighted by Crippen LogP contribution is 2.34. The van der Waals surface area contributed by atoms with Crippen LogP contribution < -0.4 is 0 Å². The van der Waals surface area contributed by atoms with Crippen molar-refractivity contribution in [1.82, 2.24) is 0 Å². The number of carbonyl (C=O) groups is 1. The van der Waals surface area contributed by atoms with Crippen LogP contribution in [0.25, 0.3) is 0 Å². The highest BCUT2D eigenvalue weighted by molar-refractivity contribution is 9.10. The molecule has 1 rings (SSSR count). The van der Waals surface area contributed by atoms with Crippen LogP contribution in [0, 0.1) is 11.7 Å². The third-order valence-corrected chi connectivity index (χ3v) is 3.57. The van der Waals surface area contributed by atoms with Gasteiger partial charge in [-0.05, 0) is 52.8 Å². The smallest absolute Gasteiger partial charge is 0.312 e. The van der Waals surface area contributed by atoms with Crippen molar-refractivity contribution in [3.05, 3.63) is 34.1 Å². The van der Waals surface area contributed by atoms with Gasteiger partial charge < -0.3 is 9.84 Å². The van der Waals surface area contributed by atoms with Crippen LogP contribution in [-0.2, 0) is 15.1 Å². The first kappa shape index (κ1) is 17.1. The molecule has 1 N–H and O–H groups in total. The summed E-state index contributed by atoms with van der Waals surface area (Å²) < 4.78 is 19.8. The standard InChI is InChI=1S/C15H20BrFO3/c1-9(13(18)20-14(2,3)4)15(5,19)11-8-10(16)6-7-12(11)17/h6-9,19H,1-5H3. The molecule has 112 valence electrons. The number of hydrogen-bond acceptors (Lipinski definition) is 3. The maximum absolute atomic E-state index is 13.9. The van der Waals surface area contributed by atoms with E-state index in [9.17, 15) is 14.3 Å². The van der Waals surface area contributed by atoms with Gasteiger partial charge in [-0.25, -0.2) is 4.39 Å². The molecule has 0 radical (unpaired) electrons. The summed E-state index contributed by atoms with van der Waals surface area (Å²) in [5.41, 5.74) is -2.25. The molecule has 20 heavy (non-hydrogen) atoms. The first-order valence-corrected chi connectivity index (χ1v) is 7.15. The normalized spacial score (nSPS) is 16.4. The number of carbonyl (C=O) groups excluding carboxylic acids is 1. The molecule has 0 bridgehead atoms. The largest absolute Gasteiger partial charge is 0.460 e. The van der Waals surface area contributed by atoms with E-state index >= 15 is 0 Å². The fraction of sp³-hybridized carbons (Fsp3) is 0.533. The molecule has 0 aromatic heterocycles. The van der Waals surface area contributed by atoms with Gasteiger partial charge in [0, 0.05) is 10.0 Å². The SMILES string of the molecule is CC(C(=O)OC(C)(C)C)C(C)(O)c1cc(Br)ccc1F. The van der Waals surface area contributed by atoms with Gasteiger partial charge in [-0.2, -0.15) is 0 Å². The van der Waals surface area contributed by atoms with Gasteiger partial charge in [0.2, 0.25) is 0 Å². The zero-order chi connectivity index (χ0) is 15.7. The van der Waals surface area contributed by atoms with E-state index in [-0.39, 0.29) is 5.56 Å². The van der Waals surface area contributed by atoms with E-state index < -0.39 is 28.9 Å². The lowest BCUT2D eigenvalue weighted by atomic mass is 9.83. The van der Waals surface area contributed by atoms with E-state index in [4.69, 9.17) is 4.74 Å². The summed E-state index contributed by atoms with van der Waals surface area (Å²) in [4.78, 5) is 12.1. The average molecular weight is 347 g/mol. The number of ether oxygens (including phenoxy) is 1. The summed E-state index contributed by atoms with van der Waals surface area (Å²) in [5, 5.41) is 10.6. The summed E-state index contributed by atoms with van der Waals surface area (Å²) in [6.07, 6.45) is 0. The van der Waals surface area contributed by atoms with Gasteiger partial charge >= 0.3 is 5.97 Å². The number of hydrogen-bond donors (Lipinski definition) is 1. The Morgan fingerprint density at radius 1 is 1.35 bits per heavy atom. The number of aliphatic hydroxyl groups is 1. The number of benzene rings is 1. The summed E-state index contributed by atoms with van der Waals surface area (Å²) in [5.74, 6) is -2.03. The van der Waals surface area contributed by atoms with Crippen molar-refractivity contribution in [3.8, 4) is 0 Å². The number of halogens is 2. The molecule has 5 heteroatoms. The average Bonchev–Trinajstić information content (AvgIpc) is 2.28. The maximum Gasteiger partial charge on any atom is 0.312 e. The molecule has 1 aromatic rings. The third-order valence-electron chi connectivity index (χ3n) is 3.08. The molecule has 0 fully saturated rings. The zero-order valence-corrected chi connectivity index (χ0v) is 13.9. The Hall–Kier alpha value is -0.940. The third kappa shape index (κ3) is 4.03. The predicted octanol–water partition coefficient (Wildman–Crippen LogP) is 3.77. The molecule has 0 aliphatic rings. The van der Waals surface area contributed by atoms with Crippen LogP contribution >= 0.6 is 15.9 Å². The van der Waals surface area contributed by atoms with Crippen molar-refractivity contribution < 1.29 is 19.0 Å². The Morgan fingerprint density at radius 2 is 1.90 bits per heavy atom. The second-order valence-electron chi connectivity index (χ2n) is 6.03. The molecule has 0 aliphatic carbocycles. The lowest BCUT2D eigenvalue weighted by Crippen LogP contribution is -2.39. The molecule has 0 spiro atoms. The lowest BCUT2D eigenvalue weighted by molar-refractivity contribution is -0.168. The molecule has 0 heterocycles. The van der Waals surface area contributed by atoms with Crippen LogP contribution in [0.1, 0.15) is 40.2 Å². The van der Waals surface area contributed by atoms with Gasteiger partial charge in [0.15, 0.2) is 0 Å². The van der Waals surface area contributed by atoms with Crippen molar-refractivity contribution >= 4 is 21.9 Å². The summed E-state index contributed by atoms with van der Waals surface area (Å²) >= 11 is 3.23. The quantitative estimate of drug-likeness (QED) is 0.847. The van der Waals surface area contributed by atoms with E-state index in [1.807, 2.05) is 0 Å². The van der Waals surface area contributed by atoms with Crippen LogP contribution in [0.4, 0.5) is 4.39 Å². The molecule has 2 unspecified atom stereocenters. The molecule has 3 nitrogen and oxygen atoms in total. The summed E-state index contributed by atoms with van der Waals surface area (Å²) in [6.45, 7) is 8.16. The lowest BCUT2D eigenvalue weighted by Gasteiger charge is -2.32. The van der Waals surface area contributed by atoms with Crippen LogP contribution in [0.5, 0.6) is 0 Å². The Kier molecular flexibility index (Phi) is 4.98. The van der Waals surface area contributed by atoms with Gasteiger partial charge in [-0.15, -0.1) is 0 Å². The monoisotopic (exact) mass is 346 g/mol. The van der Waals surface area contributed by atoms with E-state index in [0.717, 1.165) is 0 Å². The molecular weight excluding hydrogens is 327 g/mol. The van der Waals surface area contributed by atoms with Crippen LogP contribution in [0.3, 0.4) is 0 Å². The Labute approximate surface area is 127 Å². The van der Waals surface area contributed by atoms with Crippen molar-refractivity contribution in [1.29, 1.82) is 0 Å². The van der Waals surface area contributed by atoms with Crippen LogP contribution in [0.2, 0.25) is 0 Å². The fourth-order valence-corrected chi connectivity index (χ4v) is 2.10. The highest BCUT2D eigenvalue weighted by Gasteiger charge is 2.39. The first-order valence-electron chi connectivity index (χ1n) is 6.36. The summed E-state index contributed by atoms with van der Waals surface area (Å²) in [7, 11) is 0. The minimum absolute atomic E-state index is 0.0604. The van der Waals surface area contributed by atoms with E-state index in [2.05, 4.69) is 15.9 Å². The predicted molar refractivity (Wildman–Crippen MR) is 78.7 cm³/mol. The second-order valence-corrected chi connectivity index (χ2v) is 6.94. The highest BCUT2D eigenvalue weighted by atomic mass is 79.9. The molecule has 0 aliphatic heterocycles. The Bertz CT molecular complexity index is 506. The topological polar surface area (TPSA) is 46.5 Å². The maximum atomic E-state index is 13.9. The van der Waals surface area contributed by atoms with E-state index in [1.165, 1.54) is 32.0 Å². The first-order chi connectivity index (χ1) is 8.95. The van der Waals surface area contributed by atoms with E-state index in [1.54, 1.807) is 20.8 Å². The van der Waals surface area contributed by atoms with Gasteiger partial charge in [-0.3, -0.25) is 4.79 Å². The number of esters is 1. The summed E-state index contributed by atoms with van der Waals surface area (Å²) in [6, 6.07) is 4.25. The zero-order valence-electron chi connectivity index (χ0n) is 12.3. The molecule has 0 amide bonds. The van der Waals surface area contributed by atoms with E-state index in [0.29, 0.717) is 4.47 Å². The van der Waals surface area contributed by atoms with Gasteiger partial charge in [0.25, 0.3) is 0 Å². The van der Waals surface area contributed by atoms with Crippen LogP contribution in [0.15, 0.2) is 22.7 Å². The van der Waals surface area contributed by atoms with Gasteiger partial charge in [0.05, 0.1) is 5.92 Å². The van der Waals surface area contributed by atoms with Crippen molar-refractivity contribution in [2.45, 2.75) is 45.8 Å².